The molecule has 0 radical (unpaired) electrons. The summed E-state index contributed by atoms with van der Waals surface area (Å²) in [5, 5.41) is 4.80. The molecule has 0 unspecified atom stereocenters. The number of fused-ring (bicyclic) bond motifs is 5. The van der Waals surface area contributed by atoms with Crippen LogP contribution in [0.5, 0.6) is 17.4 Å². The smallest absolute Gasteiger partial charge is 0.228 e. The van der Waals surface area contributed by atoms with Gasteiger partial charge in [0, 0.05) is 36.0 Å². The van der Waals surface area contributed by atoms with Gasteiger partial charge in [0.2, 0.25) is 11.8 Å². The number of hydrogen-bond acceptors (Lipinski definition) is 8. The average molecular weight is 467 g/mol. The number of nitrogens with one attached hydrogen (secondary N) is 2. The van der Waals surface area contributed by atoms with Gasteiger partial charge in [-0.15, -0.1) is 0 Å². The van der Waals surface area contributed by atoms with Gasteiger partial charge < -0.3 is 24.5 Å². The Labute approximate surface area is 200 Å². The summed E-state index contributed by atoms with van der Waals surface area (Å²) in [4.78, 5) is 21.4. The third kappa shape index (κ3) is 3.56. The van der Waals surface area contributed by atoms with Crippen LogP contribution in [0.25, 0.3) is 33.1 Å². The van der Waals surface area contributed by atoms with Gasteiger partial charge in [-0.05, 0) is 42.7 Å². The van der Waals surface area contributed by atoms with Gasteiger partial charge in [0.1, 0.15) is 36.0 Å². The van der Waals surface area contributed by atoms with Crippen molar-refractivity contribution in [2.24, 2.45) is 0 Å². The van der Waals surface area contributed by atoms with Crippen LogP contribution < -0.4 is 19.5 Å². The maximum atomic E-state index is 6.37. The summed E-state index contributed by atoms with van der Waals surface area (Å²) in [5.74, 6) is 2.37. The van der Waals surface area contributed by atoms with Crippen molar-refractivity contribution in [3.8, 4) is 28.5 Å². The van der Waals surface area contributed by atoms with Crippen LogP contribution in [0.15, 0.2) is 55.1 Å². The fourth-order valence-electron chi connectivity index (χ4n) is 4.43. The third-order valence-electron chi connectivity index (χ3n) is 6.48. The molecule has 1 fully saturated rings. The third-order valence-corrected chi connectivity index (χ3v) is 6.48. The maximum Gasteiger partial charge on any atom is 0.228 e. The first kappa shape index (κ1) is 20.0. The standard InChI is InChI=1S/C26H22N6O3/c1-27-25-31-23-22-20(12-30-23)16-2-3-21-17(7-16)8-19(11-29-21)35-26(4-5-26)14-34-18-6-15(9-28-10-18)13-33-24(22)32-25/h2-3,6-12H,4-5,13-14H2,1H3,(H2,27,30,31,32). The zero-order valence-electron chi connectivity index (χ0n) is 19.0. The van der Waals surface area contributed by atoms with Crippen LogP contribution in [0.3, 0.4) is 0 Å². The van der Waals surface area contributed by atoms with Crippen molar-refractivity contribution in [2.45, 2.75) is 25.0 Å². The molecule has 1 aliphatic carbocycles. The highest BCUT2D eigenvalue weighted by atomic mass is 16.6. The molecule has 1 aromatic carbocycles. The number of aromatic nitrogens is 5. The Bertz CT molecular complexity index is 1590. The summed E-state index contributed by atoms with van der Waals surface area (Å²) in [6, 6.07) is 10.1. The molecule has 2 aliphatic rings. The van der Waals surface area contributed by atoms with Gasteiger partial charge in [-0.2, -0.15) is 9.97 Å². The first-order valence-corrected chi connectivity index (χ1v) is 11.5. The first-order valence-electron chi connectivity index (χ1n) is 11.5. The van der Waals surface area contributed by atoms with Gasteiger partial charge in [-0.25, -0.2) is 0 Å². The Kier molecular flexibility index (Phi) is 4.32. The second-order valence-electron chi connectivity index (χ2n) is 9.00. The highest BCUT2D eigenvalue weighted by Crippen LogP contribution is 2.42. The van der Waals surface area contributed by atoms with Gasteiger partial charge in [-0.1, -0.05) is 6.07 Å². The summed E-state index contributed by atoms with van der Waals surface area (Å²) in [7, 11) is 1.78. The lowest BCUT2D eigenvalue weighted by Crippen LogP contribution is -2.27. The molecule has 4 aromatic heterocycles. The van der Waals surface area contributed by atoms with Crippen molar-refractivity contribution >= 4 is 27.9 Å². The highest BCUT2D eigenvalue weighted by molar-refractivity contribution is 5.99. The second-order valence-corrected chi connectivity index (χ2v) is 9.00. The lowest BCUT2D eigenvalue weighted by atomic mass is 10.0. The van der Waals surface area contributed by atoms with E-state index < -0.39 is 0 Å². The second kappa shape index (κ2) is 7.56. The topological polar surface area (TPSA) is 107 Å². The van der Waals surface area contributed by atoms with Crippen LogP contribution in [0, 0.1) is 0 Å². The molecule has 174 valence electrons. The van der Waals surface area contributed by atoms with E-state index in [1.165, 1.54) is 0 Å². The van der Waals surface area contributed by atoms with E-state index >= 15 is 0 Å². The van der Waals surface area contributed by atoms with E-state index in [-0.39, 0.29) is 12.2 Å². The number of aromatic amines is 1. The van der Waals surface area contributed by atoms with Gasteiger partial charge >= 0.3 is 0 Å². The number of pyridine rings is 2. The van der Waals surface area contributed by atoms with Crippen LogP contribution in [-0.4, -0.2) is 44.2 Å². The summed E-state index contributed by atoms with van der Waals surface area (Å²) in [6.07, 6.45) is 9.06. The van der Waals surface area contributed by atoms with Crippen LogP contribution in [0.2, 0.25) is 0 Å². The molecule has 5 heterocycles. The molecule has 35 heavy (non-hydrogen) atoms. The highest BCUT2D eigenvalue weighted by Gasteiger charge is 2.47. The Balaban J connectivity index is 1.42. The van der Waals surface area contributed by atoms with E-state index in [0.29, 0.717) is 29.8 Å². The number of benzene rings is 1. The molecule has 1 spiro atoms. The molecule has 0 atom stereocenters. The van der Waals surface area contributed by atoms with Crippen LogP contribution >= 0.6 is 0 Å². The normalized spacial score (nSPS) is 16.0. The number of H-pyrrole nitrogens is 1. The lowest BCUT2D eigenvalue weighted by molar-refractivity contribution is 0.107. The van der Waals surface area contributed by atoms with Crippen LogP contribution in [0.1, 0.15) is 18.4 Å². The molecule has 0 saturated heterocycles. The first-order chi connectivity index (χ1) is 17.2. The molecular weight excluding hydrogens is 444 g/mol. The summed E-state index contributed by atoms with van der Waals surface area (Å²) in [6.45, 7) is 0.732. The van der Waals surface area contributed by atoms with E-state index in [2.05, 4.69) is 36.3 Å². The molecule has 9 nitrogen and oxygen atoms in total. The zero-order chi connectivity index (χ0) is 23.4. The van der Waals surface area contributed by atoms with E-state index in [9.17, 15) is 0 Å². The predicted molar refractivity (Wildman–Crippen MR) is 131 cm³/mol. The Morgan fingerprint density at radius 3 is 2.83 bits per heavy atom. The number of hydrogen-bond donors (Lipinski definition) is 2. The lowest BCUT2D eigenvalue weighted by Gasteiger charge is -2.19. The van der Waals surface area contributed by atoms with Crippen molar-refractivity contribution < 1.29 is 14.2 Å². The molecule has 5 aromatic rings. The summed E-state index contributed by atoms with van der Waals surface area (Å²) in [5.41, 5.74) is 4.08. The van der Waals surface area contributed by atoms with E-state index in [1.807, 2.05) is 30.5 Å². The molecule has 7 rings (SSSR count). The summed E-state index contributed by atoms with van der Waals surface area (Å²) >= 11 is 0. The Hall–Kier alpha value is -4.40. The SMILES string of the molecule is CNc1nc2c3c(c[nH]c3n1)-c1ccc3ncc(cc3c1)OC1(CC1)COc1cncc(c1)CO2. The molecule has 1 saturated carbocycles. The molecular formula is C26H22N6O3. The predicted octanol–water partition coefficient (Wildman–Crippen LogP) is 4.49. The van der Waals surface area contributed by atoms with Crippen molar-refractivity contribution in [1.82, 2.24) is 24.9 Å². The average Bonchev–Trinajstić information content (AvgIpc) is 3.52. The van der Waals surface area contributed by atoms with Crippen molar-refractivity contribution in [3.05, 3.63) is 60.7 Å². The fraction of sp³-hybridized carbons (Fsp3) is 0.231. The number of ether oxygens (including phenoxy) is 3. The minimum absolute atomic E-state index is 0.287. The summed E-state index contributed by atoms with van der Waals surface area (Å²) < 4.78 is 18.7. The van der Waals surface area contributed by atoms with E-state index in [0.717, 1.165) is 51.6 Å². The number of rotatable bonds is 1. The van der Waals surface area contributed by atoms with Gasteiger partial charge in [0.15, 0.2) is 0 Å². The number of anilines is 1. The maximum absolute atomic E-state index is 6.37. The molecule has 9 heteroatoms. The van der Waals surface area contributed by atoms with Crippen LogP contribution in [0.4, 0.5) is 5.95 Å². The van der Waals surface area contributed by atoms with Gasteiger partial charge in [0.05, 0.1) is 23.3 Å². The quantitative estimate of drug-likeness (QED) is 0.372. The molecule has 2 N–H and O–H groups in total. The minimum atomic E-state index is -0.338. The van der Waals surface area contributed by atoms with Gasteiger partial charge in [0.25, 0.3) is 0 Å². The van der Waals surface area contributed by atoms with Crippen molar-refractivity contribution in [3.63, 3.8) is 0 Å². The van der Waals surface area contributed by atoms with Gasteiger partial charge in [-0.3, -0.25) is 9.97 Å². The van der Waals surface area contributed by atoms with Crippen molar-refractivity contribution in [2.75, 3.05) is 19.0 Å². The van der Waals surface area contributed by atoms with Crippen LogP contribution in [-0.2, 0) is 6.61 Å². The minimum Gasteiger partial charge on any atom is -0.488 e. The van der Waals surface area contributed by atoms with E-state index in [1.54, 1.807) is 25.6 Å². The Morgan fingerprint density at radius 2 is 1.94 bits per heavy atom. The molecule has 1 aliphatic heterocycles. The number of nitrogens with zero attached hydrogens (tertiary/aromatic N) is 4. The van der Waals surface area contributed by atoms with Crippen molar-refractivity contribution in [1.29, 1.82) is 0 Å². The zero-order valence-corrected chi connectivity index (χ0v) is 19.0. The van der Waals surface area contributed by atoms with E-state index in [4.69, 9.17) is 14.2 Å². The Morgan fingerprint density at radius 1 is 1.00 bits per heavy atom. The molecule has 0 amide bonds. The molecule has 5 bridgehead atoms. The largest absolute Gasteiger partial charge is 0.488 e. The monoisotopic (exact) mass is 466 g/mol. The fourth-order valence-corrected chi connectivity index (χ4v) is 4.43.